The van der Waals surface area contributed by atoms with Gasteiger partial charge in [0.15, 0.2) is 11.5 Å². The minimum Gasteiger partial charge on any atom is -0.493 e. The number of methoxy groups -OCH3 is 1. The van der Waals surface area contributed by atoms with Crippen LogP contribution in [0.3, 0.4) is 0 Å². The van der Waals surface area contributed by atoms with Crippen LogP contribution in [0.1, 0.15) is 20.3 Å². The summed E-state index contributed by atoms with van der Waals surface area (Å²) in [4.78, 5) is 19.8. The molecule has 1 heterocycles. The maximum absolute atomic E-state index is 13.4. The molecule has 6 nitrogen and oxygen atoms in total. The molecule has 176 valence electrons. The van der Waals surface area contributed by atoms with E-state index in [0.717, 1.165) is 28.7 Å². The van der Waals surface area contributed by atoms with Crippen LogP contribution in [0, 0.1) is 0 Å². The fraction of sp³-hybridized carbons (Fsp3) is 0.259. The Morgan fingerprint density at radius 3 is 2.29 bits per heavy atom. The Morgan fingerprint density at radius 1 is 1.03 bits per heavy atom. The fourth-order valence-corrected chi connectivity index (χ4v) is 3.91. The summed E-state index contributed by atoms with van der Waals surface area (Å²) in [5.74, 6) is 1.14. The zero-order valence-electron chi connectivity index (χ0n) is 20.0. The Labute approximate surface area is 204 Å². The van der Waals surface area contributed by atoms with Crippen LogP contribution in [0.2, 0.25) is 5.02 Å². The summed E-state index contributed by atoms with van der Waals surface area (Å²) in [6, 6.07) is 18.9. The summed E-state index contributed by atoms with van der Waals surface area (Å²) in [5, 5.41) is 1.39. The Balaban J connectivity index is 2.05. The number of nitrogens with zero attached hydrogens (tertiary/aromatic N) is 3. The predicted molar refractivity (Wildman–Crippen MR) is 139 cm³/mol. The van der Waals surface area contributed by atoms with Crippen molar-refractivity contribution in [2.75, 3.05) is 26.1 Å². The molecular weight excluding hydrogens is 450 g/mol. The quantitative estimate of drug-likeness (QED) is 0.329. The number of halogens is 1. The Bertz CT molecular complexity index is 1360. The van der Waals surface area contributed by atoms with Gasteiger partial charge in [-0.3, -0.25) is 4.57 Å². The zero-order valence-corrected chi connectivity index (χ0v) is 20.8. The highest BCUT2D eigenvalue weighted by atomic mass is 35.5. The van der Waals surface area contributed by atoms with Gasteiger partial charge in [0.2, 0.25) is 0 Å². The molecule has 0 unspecified atom stereocenters. The van der Waals surface area contributed by atoms with Crippen molar-refractivity contribution in [1.82, 2.24) is 9.55 Å². The average Bonchev–Trinajstić information content (AvgIpc) is 2.83. The Hall–Kier alpha value is -3.51. The summed E-state index contributed by atoms with van der Waals surface area (Å²) in [7, 11) is 5.53. The van der Waals surface area contributed by atoms with Crippen molar-refractivity contribution in [3.05, 3.63) is 76.2 Å². The van der Waals surface area contributed by atoms with Crippen molar-refractivity contribution in [2.24, 2.45) is 0 Å². The van der Waals surface area contributed by atoms with Gasteiger partial charge in [0.05, 0.1) is 30.1 Å². The lowest BCUT2D eigenvalue weighted by Crippen LogP contribution is -2.23. The molecule has 4 aromatic rings. The first-order valence-corrected chi connectivity index (χ1v) is 11.5. The summed E-state index contributed by atoms with van der Waals surface area (Å²) in [6.07, 6.45) is 0.851. The highest BCUT2D eigenvalue weighted by Crippen LogP contribution is 2.37. The molecule has 3 aromatic carbocycles. The average molecular weight is 478 g/mol. The molecule has 0 saturated carbocycles. The molecule has 1 aromatic heterocycles. The van der Waals surface area contributed by atoms with Crippen LogP contribution in [-0.4, -0.2) is 36.9 Å². The Morgan fingerprint density at radius 2 is 1.71 bits per heavy atom. The SMILES string of the molecule is CC[C@@H](C)Oc1cc2c(-c3ccc(Cl)cc3)n(-c3ccc(N(C)C)cc3)c(=O)nc2cc1OC. The molecule has 0 fully saturated rings. The maximum atomic E-state index is 13.4. The lowest BCUT2D eigenvalue weighted by atomic mass is 10.0. The van der Waals surface area contributed by atoms with Crippen molar-refractivity contribution in [1.29, 1.82) is 0 Å². The number of ether oxygens (including phenoxy) is 2. The molecule has 0 N–H and O–H groups in total. The monoisotopic (exact) mass is 477 g/mol. The van der Waals surface area contributed by atoms with Crippen molar-refractivity contribution in [3.63, 3.8) is 0 Å². The molecule has 1 atom stereocenters. The van der Waals surface area contributed by atoms with E-state index in [0.29, 0.717) is 27.7 Å². The standard InChI is InChI=1S/C27H28ClN3O3/c1-6-17(2)34-25-15-22-23(16-24(25)33-5)29-27(32)31(21-13-11-20(12-14-21)30(3)4)26(22)18-7-9-19(28)10-8-18/h7-17H,6H2,1-5H3/t17-/m1/s1. The smallest absolute Gasteiger partial charge is 0.353 e. The number of rotatable bonds is 7. The minimum absolute atomic E-state index is 0.00257. The van der Waals surface area contributed by atoms with E-state index >= 15 is 0 Å². The summed E-state index contributed by atoms with van der Waals surface area (Å²) < 4.78 is 13.3. The van der Waals surface area contributed by atoms with Crippen LogP contribution in [0.25, 0.3) is 27.8 Å². The van der Waals surface area contributed by atoms with E-state index in [1.165, 1.54) is 0 Å². The number of hydrogen-bond acceptors (Lipinski definition) is 5. The largest absolute Gasteiger partial charge is 0.493 e. The number of fused-ring (bicyclic) bond motifs is 1. The first kappa shape index (κ1) is 23.6. The fourth-order valence-electron chi connectivity index (χ4n) is 3.78. The second kappa shape index (κ2) is 9.77. The van der Waals surface area contributed by atoms with Crippen LogP contribution in [0.4, 0.5) is 5.69 Å². The lowest BCUT2D eigenvalue weighted by Gasteiger charge is -2.20. The van der Waals surface area contributed by atoms with E-state index in [-0.39, 0.29) is 11.8 Å². The van der Waals surface area contributed by atoms with E-state index in [2.05, 4.69) is 11.9 Å². The second-order valence-corrected chi connectivity index (χ2v) is 8.79. The highest BCUT2D eigenvalue weighted by Gasteiger charge is 2.19. The van der Waals surface area contributed by atoms with Gasteiger partial charge in [0, 0.05) is 36.3 Å². The predicted octanol–water partition coefficient (Wildman–Crippen LogP) is 5.96. The van der Waals surface area contributed by atoms with E-state index < -0.39 is 0 Å². The van der Waals surface area contributed by atoms with Crippen molar-refractivity contribution in [3.8, 4) is 28.4 Å². The van der Waals surface area contributed by atoms with Gasteiger partial charge in [-0.2, -0.15) is 4.98 Å². The third-order valence-electron chi connectivity index (χ3n) is 5.81. The molecule has 0 amide bonds. The van der Waals surface area contributed by atoms with Gasteiger partial charge in [-0.15, -0.1) is 0 Å². The van der Waals surface area contributed by atoms with Crippen LogP contribution in [-0.2, 0) is 0 Å². The van der Waals surface area contributed by atoms with Crippen LogP contribution >= 0.6 is 11.6 Å². The van der Waals surface area contributed by atoms with Gasteiger partial charge in [-0.1, -0.05) is 30.7 Å². The van der Waals surface area contributed by atoms with Gasteiger partial charge in [0.25, 0.3) is 0 Å². The molecule has 0 aliphatic carbocycles. The summed E-state index contributed by atoms with van der Waals surface area (Å²) >= 11 is 6.17. The van der Waals surface area contributed by atoms with Crippen LogP contribution in [0.15, 0.2) is 65.5 Å². The molecule has 0 saturated heterocycles. The van der Waals surface area contributed by atoms with Gasteiger partial charge < -0.3 is 14.4 Å². The molecule has 7 heteroatoms. The first-order valence-electron chi connectivity index (χ1n) is 11.2. The third kappa shape index (κ3) is 4.59. The van der Waals surface area contributed by atoms with Crippen molar-refractivity contribution in [2.45, 2.75) is 26.4 Å². The third-order valence-corrected chi connectivity index (χ3v) is 6.07. The molecule has 0 radical (unpaired) electrons. The molecule has 0 bridgehead atoms. The van der Waals surface area contributed by atoms with Crippen LogP contribution in [0.5, 0.6) is 11.5 Å². The zero-order chi connectivity index (χ0) is 24.4. The number of benzene rings is 3. The van der Waals surface area contributed by atoms with Gasteiger partial charge in [0.1, 0.15) is 0 Å². The van der Waals surface area contributed by atoms with Crippen molar-refractivity contribution >= 4 is 28.2 Å². The topological polar surface area (TPSA) is 56.6 Å². The number of hydrogen-bond donors (Lipinski definition) is 0. The molecule has 0 spiro atoms. The van der Waals surface area contributed by atoms with E-state index in [1.54, 1.807) is 17.7 Å². The summed E-state index contributed by atoms with van der Waals surface area (Å²) in [6.45, 7) is 4.07. The van der Waals surface area contributed by atoms with Crippen LogP contribution < -0.4 is 20.1 Å². The molecule has 0 aliphatic rings. The normalized spacial score (nSPS) is 11.9. The first-order chi connectivity index (χ1) is 16.3. The lowest BCUT2D eigenvalue weighted by molar-refractivity contribution is 0.208. The second-order valence-electron chi connectivity index (χ2n) is 8.35. The molecular formula is C27H28ClN3O3. The van der Waals surface area contributed by atoms with E-state index in [9.17, 15) is 4.79 Å². The minimum atomic E-state index is -0.382. The molecule has 0 aliphatic heterocycles. The number of anilines is 1. The van der Waals surface area contributed by atoms with Crippen molar-refractivity contribution < 1.29 is 9.47 Å². The van der Waals surface area contributed by atoms with Gasteiger partial charge in [-0.05, 0) is 61.4 Å². The number of aromatic nitrogens is 2. The van der Waals surface area contributed by atoms with Gasteiger partial charge in [-0.25, -0.2) is 4.79 Å². The molecule has 4 rings (SSSR count). The summed E-state index contributed by atoms with van der Waals surface area (Å²) in [5.41, 5.74) is 3.45. The molecule has 34 heavy (non-hydrogen) atoms. The van der Waals surface area contributed by atoms with E-state index in [1.807, 2.05) is 80.5 Å². The van der Waals surface area contributed by atoms with E-state index in [4.69, 9.17) is 21.1 Å². The highest BCUT2D eigenvalue weighted by molar-refractivity contribution is 6.30. The Kier molecular flexibility index (Phi) is 6.80. The maximum Gasteiger partial charge on any atom is 0.353 e. The van der Waals surface area contributed by atoms with Gasteiger partial charge >= 0.3 is 5.69 Å².